The van der Waals surface area contributed by atoms with E-state index in [-0.39, 0.29) is 17.9 Å². The fourth-order valence-electron chi connectivity index (χ4n) is 2.13. The number of aliphatic hydroxyl groups is 1. The standard InChI is InChI=1S/C17H28N2O2/c1-17(2,13-20)9-6-10-18-16(21)15-8-5-7-14(11-15)12-19(3)4/h5,7-8,11,20H,6,9-10,12-13H2,1-4H3,(H,18,21). The first-order valence-electron chi connectivity index (χ1n) is 7.47. The Bertz CT molecular complexity index is 456. The Kier molecular flexibility index (Phi) is 6.85. The molecule has 0 aliphatic rings. The first-order valence-corrected chi connectivity index (χ1v) is 7.47. The highest BCUT2D eigenvalue weighted by atomic mass is 16.3. The highest BCUT2D eigenvalue weighted by Gasteiger charge is 2.15. The molecule has 0 aliphatic heterocycles. The molecule has 0 spiro atoms. The molecule has 1 aromatic carbocycles. The van der Waals surface area contributed by atoms with Crippen molar-refractivity contribution in [2.75, 3.05) is 27.2 Å². The fourth-order valence-corrected chi connectivity index (χ4v) is 2.13. The van der Waals surface area contributed by atoms with Gasteiger partial charge in [0.05, 0.1) is 0 Å². The molecular weight excluding hydrogens is 264 g/mol. The molecule has 4 nitrogen and oxygen atoms in total. The maximum Gasteiger partial charge on any atom is 0.251 e. The van der Waals surface area contributed by atoms with Crippen LogP contribution in [0.3, 0.4) is 0 Å². The smallest absolute Gasteiger partial charge is 0.251 e. The van der Waals surface area contributed by atoms with Gasteiger partial charge in [0.1, 0.15) is 0 Å². The third-order valence-corrected chi connectivity index (χ3v) is 3.43. The van der Waals surface area contributed by atoms with Crippen molar-refractivity contribution >= 4 is 5.91 Å². The van der Waals surface area contributed by atoms with E-state index in [1.54, 1.807) is 0 Å². The minimum Gasteiger partial charge on any atom is -0.396 e. The summed E-state index contributed by atoms with van der Waals surface area (Å²) in [5, 5.41) is 12.1. The molecule has 1 aromatic rings. The van der Waals surface area contributed by atoms with E-state index < -0.39 is 0 Å². The Balaban J connectivity index is 2.45. The lowest BCUT2D eigenvalue weighted by Crippen LogP contribution is -2.26. The second kappa shape index (κ2) is 8.15. The quantitative estimate of drug-likeness (QED) is 0.723. The van der Waals surface area contributed by atoms with E-state index in [2.05, 4.69) is 10.2 Å². The number of aliphatic hydroxyl groups excluding tert-OH is 1. The zero-order valence-electron chi connectivity index (χ0n) is 13.6. The number of rotatable bonds is 8. The molecule has 1 amide bonds. The summed E-state index contributed by atoms with van der Waals surface area (Å²) in [4.78, 5) is 14.2. The van der Waals surface area contributed by atoms with Gasteiger partial charge in [-0.3, -0.25) is 4.79 Å². The van der Waals surface area contributed by atoms with Crippen molar-refractivity contribution in [3.8, 4) is 0 Å². The van der Waals surface area contributed by atoms with Crippen LogP contribution in [0.1, 0.15) is 42.6 Å². The topological polar surface area (TPSA) is 52.6 Å². The maximum atomic E-state index is 12.1. The number of carbonyl (C=O) groups is 1. The van der Waals surface area contributed by atoms with E-state index in [0.717, 1.165) is 24.9 Å². The predicted octanol–water partition coefficient (Wildman–Crippen LogP) is 2.28. The van der Waals surface area contributed by atoms with Gasteiger partial charge in [0, 0.05) is 25.3 Å². The molecule has 21 heavy (non-hydrogen) atoms. The second-order valence-corrected chi connectivity index (χ2v) is 6.62. The largest absolute Gasteiger partial charge is 0.396 e. The van der Waals surface area contributed by atoms with Gasteiger partial charge in [-0.25, -0.2) is 0 Å². The third-order valence-electron chi connectivity index (χ3n) is 3.43. The molecule has 0 saturated carbocycles. The average molecular weight is 292 g/mol. The number of nitrogens with zero attached hydrogens (tertiary/aromatic N) is 1. The molecule has 0 fully saturated rings. The zero-order chi connectivity index (χ0) is 15.9. The van der Waals surface area contributed by atoms with Gasteiger partial charge in [-0.05, 0) is 50.0 Å². The first kappa shape index (κ1) is 17.7. The van der Waals surface area contributed by atoms with Gasteiger partial charge in [0.15, 0.2) is 0 Å². The van der Waals surface area contributed by atoms with Gasteiger partial charge in [-0.1, -0.05) is 26.0 Å². The van der Waals surface area contributed by atoms with Gasteiger partial charge < -0.3 is 15.3 Å². The van der Waals surface area contributed by atoms with Crippen molar-refractivity contribution in [1.29, 1.82) is 0 Å². The highest BCUT2D eigenvalue weighted by Crippen LogP contribution is 2.20. The van der Waals surface area contributed by atoms with Gasteiger partial charge in [-0.2, -0.15) is 0 Å². The average Bonchev–Trinajstić information content (AvgIpc) is 2.43. The second-order valence-electron chi connectivity index (χ2n) is 6.62. The molecule has 0 saturated heterocycles. The van der Waals surface area contributed by atoms with E-state index in [1.165, 1.54) is 0 Å². The van der Waals surface area contributed by atoms with Crippen molar-refractivity contribution in [1.82, 2.24) is 10.2 Å². The van der Waals surface area contributed by atoms with E-state index in [9.17, 15) is 9.90 Å². The molecule has 2 N–H and O–H groups in total. The van der Waals surface area contributed by atoms with Crippen LogP contribution in [0.15, 0.2) is 24.3 Å². The number of hydrogen-bond acceptors (Lipinski definition) is 3. The predicted molar refractivity (Wildman–Crippen MR) is 86.3 cm³/mol. The van der Waals surface area contributed by atoms with Crippen LogP contribution in [0.4, 0.5) is 0 Å². The van der Waals surface area contributed by atoms with Crippen LogP contribution in [0, 0.1) is 5.41 Å². The van der Waals surface area contributed by atoms with Gasteiger partial charge in [-0.15, -0.1) is 0 Å². The van der Waals surface area contributed by atoms with Crippen LogP contribution in [-0.2, 0) is 6.54 Å². The lowest BCUT2D eigenvalue weighted by molar-refractivity contribution is 0.0948. The molecule has 118 valence electrons. The molecule has 4 heteroatoms. The molecule has 0 bridgehead atoms. The summed E-state index contributed by atoms with van der Waals surface area (Å²) in [5.41, 5.74) is 1.76. The Labute approximate surface area is 128 Å². The number of carbonyl (C=O) groups excluding carboxylic acids is 1. The molecule has 0 radical (unpaired) electrons. The SMILES string of the molecule is CN(C)Cc1cccc(C(=O)NCCCC(C)(C)CO)c1. The summed E-state index contributed by atoms with van der Waals surface area (Å²) in [7, 11) is 4.02. The summed E-state index contributed by atoms with van der Waals surface area (Å²) in [6.07, 6.45) is 1.77. The summed E-state index contributed by atoms with van der Waals surface area (Å²) in [6.45, 7) is 5.69. The molecule has 0 heterocycles. The lowest BCUT2D eigenvalue weighted by Gasteiger charge is -2.21. The van der Waals surface area contributed by atoms with Crippen molar-refractivity contribution in [3.05, 3.63) is 35.4 Å². The molecule has 0 aliphatic carbocycles. The fraction of sp³-hybridized carbons (Fsp3) is 0.588. The Hall–Kier alpha value is -1.39. The Morgan fingerprint density at radius 3 is 2.67 bits per heavy atom. The molecule has 1 rings (SSSR count). The molecule has 0 atom stereocenters. The first-order chi connectivity index (χ1) is 9.84. The van der Waals surface area contributed by atoms with Gasteiger partial charge >= 0.3 is 0 Å². The van der Waals surface area contributed by atoms with E-state index in [1.807, 2.05) is 52.2 Å². The lowest BCUT2D eigenvalue weighted by atomic mass is 9.89. The van der Waals surface area contributed by atoms with Crippen LogP contribution in [0.5, 0.6) is 0 Å². The van der Waals surface area contributed by atoms with E-state index in [0.29, 0.717) is 12.1 Å². The monoisotopic (exact) mass is 292 g/mol. The third kappa shape index (κ3) is 6.74. The maximum absolute atomic E-state index is 12.1. The molecule has 0 unspecified atom stereocenters. The van der Waals surface area contributed by atoms with Crippen molar-refractivity contribution < 1.29 is 9.90 Å². The van der Waals surface area contributed by atoms with Crippen molar-refractivity contribution in [3.63, 3.8) is 0 Å². The summed E-state index contributed by atoms with van der Waals surface area (Å²) in [5.74, 6) is -0.0302. The summed E-state index contributed by atoms with van der Waals surface area (Å²) in [6, 6.07) is 7.72. The highest BCUT2D eigenvalue weighted by molar-refractivity contribution is 5.94. The number of amides is 1. The van der Waals surface area contributed by atoms with Crippen LogP contribution in [-0.4, -0.2) is 43.2 Å². The number of nitrogens with one attached hydrogen (secondary N) is 1. The number of benzene rings is 1. The minimum absolute atomic E-state index is 0.0302. The summed E-state index contributed by atoms with van der Waals surface area (Å²) >= 11 is 0. The minimum atomic E-state index is -0.0731. The molecular formula is C17H28N2O2. The van der Waals surface area contributed by atoms with E-state index in [4.69, 9.17) is 0 Å². The van der Waals surface area contributed by atoms with Crippen LogP contribution in [0.25, 0.3) is 0 Å². The molecule has 0 aromatic heterocycles. The Morgan fingerprint density at radius 2 is 2.05 bits per heavy atom. The van der Waals surface area contributed by atoms with Gasteiger partial charge in [0.2, 0.25) is 0 Å². The zero-order valence-corrected chi connectivity index (χ0v) is 13.6. The number of hydrogen-bond donors (Lipinski definition) is 2. The van der Waals surface area contributed by atoms with Crippen molar-refractivity contribution in [2.45, 2.75) is 33.2 Å². The van der Waals surface area contributed by atoms with Gasteiger partial charge in [0.25, 0.3) is 5.91 Å². The van der Waals surface area contributed by atoms with Crippen LogP contribution >= 0.6 is 0 Å². The Morgan fingerprint density at radius 1 is 1.33 bits per heavy atom. The van der Waals surface area contributed by atoms with Crippen LogP contribution in [0.2, 0.25) is 0 Å². The summed E-state index contributed by atoms with van der Waals surface area (Å²) < 4.78 is 0. The normalized spacial score (nSPS) is 11.7. The van der Waals surface area contributed by atoms with E-state index >= 15 is 0 Å². The van der Waals surface area contributed by atoms with Crippen molar-refractivity contribution in [2.24, 2.45) is 5.41 Å². The van der Waals surface area contributed by atoms with Crippen LogP contribution < -0.4 is 5.32 Å².